The minimum Gasteiger partial charge on any atom is -0.348 e. The first-order valence-corrected chi connectivity index (χ1v) is 10.1. The highest BCUT2D eigenvalue weighted by molar-refractivity contribution is 6.31. The summed E-state index contributed by atoms with van der Waals surface area (Å²) in [5.41, 5.74) is 0. The van der Waals surface area contributed by atoms with Crippen LogP contribution < -0.4 is 0 Å². The number of rotatable bonds is 17. The maximum atomic E-state index is 2.42. The summed E-state index contributed by atoms with van der Waals surface area (Å²) in [5, 5.41) is 0. The van der Waals surface area contributed by atoms with Crippen molar-refractivity contribution in [2.45, 2.75) is 104 Å². The van der Waals surface area contributed by atoms with E-state index in [9.17, 15) is 0 Å². The van der Waals surface area contributed by atoms with Gasteiger partial charge in [0.05, 0.1) is 0 Å². The quantitative estimate of drug-likeness (QED) is 0.172. The van der Waals surface area contributed by atoms with Crippen LogP contribution in [0.2, 0.25) is 6.32 Å². The van der Waals surface area contributed by atoms with Gasteiger partial charge in [0.25, 0.3) is 0 Å². The zero-order valence-corrected chi connectivity index (χ0v) is 15.9. The van der Waals surface area contributed by atoms with Gasteiger partial charge in [-0.1, -0.05) is 90.1 Å². The van der Waals surface area contributed by atoms with Gasteiger partial charge in [-0.15, -0.1) is 0 Å². The van der Waals surface area contributed by atoms with E-state index in [1.54, 1.807) is 0 Å². The molecule has 0 saturated heterocycles. The molecular weight excluding hydrogens is 265 g/mol. The lowest BCUT2D eigenvalue weighted by Gasteiger charge is -2.11. The van der Waals surface area contributed by atoms with Gasteiger partial charge in [-0.05, 0) is 39.3 Å². The highest BCUT2D eigenvalue weighted by Gasteiger charge is 1.97. The Balaban J connectivity index is 3.08. The van der Waals surface area contributed by atoms with Crippen molar-refractivity contribution in [1.82, 2.24) is 4.81 Å². The van der Waals surface area contributed by atoms with Gasteiger partial charge in [0.2, 0.25) is 7.41 Å². The maximum Gasteiger partial charge on any atom is 0.203 e. The molecule has 0 heterocycles. The third-order valence-corrected chi connectivity index (χ3v) is 4.59. The lowest BCUT2D eigenvalue weighted by molar-refractivity contribution is 0.558. The fraction of sp³-hybridized carbons (Fsp3) is 0.900. The molecule has 130 valence electrons. The Labute approximate surface area is 142 Å². The number of nitrogens with zero attached hydrogens (tertiary/aromatic N) is 1. The van der Waals surface area contributed by atoms with Crippen LogP contribution in [0.25, 0.3) is 0 Å². The Morgan fingerprint density at radius 2 is 1.18 bits per heavy atom. The largest absolute Gasteiger partial charge is 0.348 e. The summed E-state index contributed by atoms with van der Waals surface area (Å²) in [6.45, 7) is 5.71. The molecule has 0 aliphatic carbocycles. The molecule has 22 heavy (non-hydrogen) atoms. The van der Waals surface area contributed by atoms with Gasteiger partial charge in [0.15, 0.2) is 0 Å². The molecular formula is C20H42BN. The van der Waals surface area contributed by atoms with Crippen LogP contribution in [-0.2, 0) is 0 Å². The summed E-state index contributed by atoms with van der Waals surface area (Å²) in [6, 6.07) is 0. The molecule has 0 spiro atoms. The van der Waals surface area contributed by atoms with Gasteiger partial charge in [-0.25, -0.2) is 0 Å². The second-order valence-electron chi connectivity index (χ2n) is 6.83. The molecule has 0 aromatic heterocycles. The first-order valence-electron chi connectivity index (χ1n) is 10.1. The number of unbranched alkanes of at least 4 members (excludes halogenated alkanes) is 11. The monoisotopic (exact) mass is 307 g/mol. The van der Waals surface area contributed by atoms with E-state index in [0.717, 1.165) is 0 Å². The van der Waals surface area contributed by atoms with E-state index in [2.05, 4.69) is 37.9 Å². The zero-order valence-electron chi connectivity index (χ0n) is 15.9. The Kier molecular flexibility index (Phi) is 18.6. The first-order chi connectivity index (χ1) is 10.8. The fourth-order valence-electron chi connectivity index (χ4n) is 2.79. The van der Waals surface area contributed by atoms with Crippen molar-refractivity contribution in [3.8, 4) is 0 Å². The van der Waals surface area contributed by atoms with E-state index in [1.807, 2.05) is 0 Å². The van der Waals surface area contributed by atoms with Gasteiger partial charge in [0, 0.05) is 0 Å². The molecule has 0 aliphatic rings. The van der Waals surface area contributed by atoms with Crippen molar-refractivity contribution in [1.29, 1.82) is 0 Å². The molecule has 0 aromatic rings. The maximum absolute atomic E-state index is 2.42. The highest BCUT2D eigenvalue weighted by atomic mass is 15.0. The Bertz CT molecular complexity index is 228. The predicted molar refractivity (Wildman–Crippen MR) is 105 cm³/mol. The van der Waals surface area contributed by atoms with E-state index in [4.69, 9.17) is 0 Å². The van der Waals surface area contributed by atoms with Crippen molar-refractivity contribution >= 4 is 7.41 Å². The summed E-state index contributed by atoms with van der Waals surface area (Å²) in [6.07, 6.45) is 24.4. The smallest absolute Gasteiger partial charge is 0.203 e. The van der Waals surface area contributed by atoms with E-state index < -0.39 is 0 Å². The molecule has 2 heteroatoms. The van der Waals surface area contributed by atoms with Crippen LogP contribution in [0.5, 0.6) is 0 Å². The standard InChI is InChI=1S/C20H42BN/c1-4-6-7-8-9-10-11-12-13-14-15-16-17-18-19-20-21-22(3)5-2/h12-13,21H,4-11,14-20H2,1-3H3/b13-12-. The molecule has 0 atom stereocenters. The molecule has 1 nitrogen and oxygen atoms in total. The zero-order chi connectivity index (χ0) is 16.3. The van der Waals surface area contributed by atoms with Crippen LogP contribution in [0.3, 0.4) is 0 Å². The summed E-state index contributed by atoms with van der Waals surface area (Å²) in [4.78, 5) is 2.41. The van der Waals surface area contributed by atoms with Crippen molar-refractivity contribution < 1.29 is 0 Å². The van der Waals surface area contributed by atoms with Crippen molar-refractivity contribution in [3.63, 3.8) is 0 Å². The van der Waals surface area contributed by atoms with Crippen LogP contribution in [0, 0.1) is 0 Å². The average Bonchev–Trinajstić information content (AvgIpc) is 2.54. The number of allylic oxidation sites excluding steroid dienone is 2. The number of hydrogen-bond acceptors (Lipinski definition) is 1. The van der Waals surface area contributed by atoms with Gasteiger partial charge >= 0.3 is 0 Å². The van der Waals surface area contributed by atoms with E-state index in [1.165, 1.54) is 104 Å². The van der Waals surface area contributed by atoms with Crippen molar-refractivity contribution in [2.75, 3.05) is 13.6 Å². The normalized spacial score (nSPS) is 11.6. The van der Waals surface area contributed by atoms with Crippen LogP contribution in [0.15, 0.2) is 12.2 Å². The second-order valence-corrected chi connectivity index (χ2v) is 6.83. The van der Waals surface area contributed by atoms with Gasteiger partial charge in [-0.3, -0.25) is 0 Å². The molecule has 0 N–H and O–H groups in total. The second kappa shape index (κ2) is 18.8. The first kappa shape index (κ1) is 21.8. The summed E-state index contributed by atoms with van der Waals surface area (Å²) in [5.74, 6) is 0. The number of hydrogen-bond donors (Lipinski definition) is 0. The SMILES string of the molecule is CCCCCCCC/C=C\CCCCCCCBN(C)CC. The van der Waals surface area contributed by atoms with Crippen molar-refractivity contribution in [2.24, 2.45) is 0 Å². The highest BCUT2D eigenvalue weighted by Crippen LogP contribution is 2.10. The lowest BCUT2D eigenvalue weighted by Crippen LogP contribution is -2.21. The minimum atomic E-state index is 1.19. The van der Waals surface area contributed by atoms with Gasteiger partial charge in [0.1, 0.15) is 0 Å². The molecule has 0 aliphatic heterocycles. The van der Waals surface area contributed by atoms with E-state index >= 15 is 0 Å². The Morgan fingerprint density at radius 3 is 1.73 bits per heavy atom. The molecule has 0 unspecified atom stereocenters. The summed E-state index contributed by atoms with van der Waals surface area (Å²) in [7, 11) is 3.50. The van der Waals surface area contributed by atoms with Gasteiger partial charge in [-0.2, -0.15) is 0 Å². The molecule has 0 amide bonds. The van der Waals surface area contributed by atoms with Crippen molar-refractivity contribution in [3.05, 3.63) is 12.2 Å². The molecule has 0 aromatic carbocycles. The van der Waals surface area contributed by atoms with Gasteiger partial charge < -0.3 is 4.81 Å². The summed E-state index contributed by atoms with van der Waals surface area (Å²) >= 11 is 0. The Morgan fingerprint density at radius 1 is 0.682 bits per heavy atom. The van der Waals surface area contributed by atoms with Crippen LogP contribution in [0.1, 0.15) is 97.3 Å². The van der Waals surface area contributed by atoms with Crippen LogP contribution in [0.4, 0.5) is 0 Å². The topological polar surface area (TPSA) is 3.24 Å². The third kappa shape index (κ3) is 17.8. The summed E-state index contributed by atoms with van der Waals surface area (Å²) < 4.78 is 0. The third-order valence-electron chi connectivity index (χ3n) is 4.59. The molecule has 0 bridgehead atoms. The predicted octanol–water partition coefficient (Wildman–Crippen LogP) is 6.36. The molecule has 0 rings (SSSR count). The molecule has 0 saturated carbocycles. The van der Waals surface area contributed by atoms with E-state index in [-0.39, 0.29) is 0 Å². The fourth-order valence-corrected chi connectivity index (χ4v) is 2.79. The minimum absolute atomic E-state index is 1.19. The van der Waals surface area contributed by atoms with E-state index in [0.29, 0.717) is 0 Å². The van der Waals surface area contributed by atoms with Crippen LogP contribution in [-0.4, -0.2) is 25.8 Å². The average molecular weight is 307 g/mol. The Hall–Kier alpha value is -0.235. The lowest BCUT2D eigenvalue weighted by atomic mass is 9.84. The molecule has 0 radical (unpaired) electrons. The van der Waals surface area contributed by atoms with Crippen LogP contribution >= 0.6 is 0 Å². The molecule has 0 fully saturated rings.